The van der Waals surface area contributed by atoms with E-state index in [0.717, 1.165) is 0 Å². The van der Waals surface area contributed by atoms with Crippen LogP contribution < -0.4 is 10.4 Å². The van der Waals surface area contributed by atoms with Crippen LogP contribution in [0.3, 0.4) is 0 Å². The van der Waals surface area contributed by atoms with Crippen LogP contribution in [0.2, 0.25) is 23.2 Å². The van der Waals surface area contributed by atoms with Gasteiger partial charge < -0.3 is 0 Å². The average molecular weight is 277 g/mol. The van der Waals surface area contributed by atoms with Crippen LogP contribution in [0.1, 0.15) is 41.5 Å². The molecular weight excluding hydrogens is 248 g/mol. The van der Waals surface area contributed by atoms with Crippen LogP contribution in [0.15, 0.2) is 24.3 Å². The molecule has 0 radical (unpaired) electrons. The molecule has 1 heterocycles. The molecule has 0 amide bonds. The van der Waals surface area contributed by atoms with E-state index in [1.165, 1.54) is 0 Å². The van der Waals surface area contributed by atoms with Crippen molar-refractivity contribution < 1.29 is 0 Å². The summed E-state index contributed by atoms with van der Waals surface area (Å²) in [5, 5.41) is 4.44. The molecule has 0 N–H and O–H groups in total. The minimum absolute atomic E-state index is 0.468. The van der Waals surface area contributed by atoms with Gasteiger partial charge in [-0.2, -0.15) is 0 Å². The van der Waals surface area contributed by atoms with E-state index in [-0.39, 0.29) is 0 Å². The van der Waals surface area contributed by atoms with Gasteiger partial charge in [-0.3, -0.25) is 0 Å². The number of benzene rings is 1. The SMILES string of the molecule is CC(C)(C)[Si@@]1(C)c2ccccc2[Si@]1(C)C(C)(C)C. The topological polar surface area (TPSA) is 0 Å². The van der Waals surface area contributed by atoms with E-state index in [2.05, 4.69) is 78.9 Å². The van der Waals surface area contributed by atoms with Crippen LogP contribution >= 0.6 is 0 Å². The third kappa shape index (κ3) is 1.36. The zero-order valence-electron chi connectivity index (χ0n) is 13.3. The Bertz CT molecular complexity index is 434. The van der Waals surface area contributed by atoms with Crippen LogP contribution in [0.4, 0.5) is 0 Å². The zero-order chi connectivity index (χ0) is 14.0. The van der Waals surface area contributed by atoms with Gasteiger partial charge in [0.1, 0.15) is 0 Å². The maximum Gasteiger partial charge on any atom is 0.0879 e. The van der Waals surface area contributed by atoms with Gasteiger partial charge in [0.25, 0.3) is 0 Å². The molecule has 0 saturated heterocycles. The minimum Gasteiger partial charge on any atom is -0.0665 e. The first-order valence-corrected chi connectivity index (χ1v) is 13.1. The van der Waals surface area contributed by atoms with E-state index in [1.54, 1.807) is 10.4 Å². The molecule has 0 fully saturated rings. The first kappa shape index (κ1) is 14.1. The second-order valence-electron chi connectivity index (χ2n) is 8.30. The quantitative estimate of drug-likeness (QED) is 0.630. The standard InChI is InChI=1S/C16H28Si2/c1-15(2,3)17(7)13-11-9-10-12-14(13)18(17,8)16(4,5)6/h9-12H,1-8H3/t17-,18-/m1/s1. The summed E-state index contributed by atoms with van der Waals surface area (Å²) < 4.78 is 0. The molecule has 1 aliphatic heterocycles. The van der Waals surface area contributed by atoms with Crippen molar-refractivity contribution >= 4 is 25.6 Å². The second kappa shape index (κ2) is 3.60. The molecule has 0 spiro atoms. The first-order chi connectivity index (χ1) is 7.98. The highest BCUT2D eigenvalue weighted by Crippen LogP contribution is 2.54. The van der Waals surface area contributed by atoms with Crippen molar-refractivity contribution in [3.8, 4) is 0 Å². The summed E-state index contributed by atoms with van der Waals surface area (Å²) in [7, 11) is -2.74. The van der Waals surface area contributed by atoms with E-state index in [9.17, 15) is 0 Å². The fourth-order valence-corrected chi connectivity index (χ4v) is 26.1. The first-order valence-electron chi connectivity index (χ1n) is 7.08. The molecule has 2 rings (SSSR count). The van der Waals surface area contributed by atoms with Gasteiger partial charge in [0.2, 0.25) is 0 Å². The lowest BCUT2D eigenvalue weighted by Crippen LogP contribution is -2.92. The Morgan fingerprint density at radius 2 is 0.944 bits per heavy atom. The summed E-state index contributed by atoms with van der Waals surface area (Å²) in [5.74, 6) is 0. The largest absolute Gasteiger partial charge is 0.0879 e. The lowest BCUT2D eigenvalue weighted by Gasteiger charge is -2.66. The molecule has 1 aromatic carbocycles. The molecule has 0 saturated carbocycles. The molecular formula is C16H28Si2. The van der Waals surface area contributed by atoms with E-state index in [4.69, 9.17) is 0 Å². The van der Waals surface area contributed by atoms with Crippen molar-refractivity contribution in [2.75, 3.05) is 0 Å². The van der Waals surface area contributed by atoms with Crippen molar-refractivity contribution in [2.45, 2.75) is 64.7 Å². The molecule has 100 valence electrons. The van der Waals surface area contributed by atoms with Gasteiger partial charge in [-0.15, -0.1) is 0 Å². The predicted molar refractivity (Wildman–Crippen MR) is 88.4 cm³/mol. The molecule has 0 unspecified atom stereocenters. The van der Waals surface area contributed by atoms with Gasteiger partial charge in [-0.1, -0.05) is 89.3 Å². The lowest BCUT2D eigenvalue weighted by molar-refractivity contribution is 0.704. The molecule has 0 nitrogen and oxygen atoms in total. The summed E-state index contributed by atoms with van der Waals surface area (Å²) in [6.45, 7) is 20.2. The Labute approximate surface area is 115 Å². The normalized spacial score (nSPS) is 31.8. The van der Waals surface area contributed by atoms with Crippen molar-refractivity contribution in [2.24, 2.45) is 0 Å². The second-order valence-corrected chi connectivity index (χ2v) is 22.9. The predicted octanol–water partition coefficient (Wildman–Crippen LogP) is 3.95. The van der Waals surface area contributed by atoms with Gasteiger partial charge >= 0.3 is 0 Å². The lowest BCUT2D eigenvalue weighted by atomic mass is 10.2. The number of hydrogen-bond acceptors (Lipinski definition) is 0. The van der Waals surface area contributed by atoms with Crippen molar-refractivity contribution in [1.29, 1.82) is 0 Å². The van der Waals surface area contributed by atoms with Crippen LogP contribution in [0, 0.1) is 0 Å². The van der Waals surface area contributed by atoms with Gasteiger partial charge in [0, 0.05) is 0 Å². The van der Waals surface area contributed by atoms with Crippen molar-refractivity contribution in [3.63, 3.8) is 0 Å². The molecule has 1 aliphatic rings. The Hall–Kier alpha value is -0.346. The molecule has 2 heteroatoms. The van der Waals surface area contributed by atoms with E-state index in [0.29, 0.717) is 10.1 Å². The third-order valence-electron chi connectivity index (χ3n) is 6.00. The Morgan fingerprint density at radius 1 is 0.667 bits per heavy atom. The fraction of sp³-hybridized carbons (Fsp3) is 0.625. The van der Waals surface area contributed by atoms with Gasteiger partial charge in [-0.05, 0) is 10.1 Å². The van der Waals surface area contributed by atoms with Crippen molar-refractivity contribution in [3.05, 3.63) is 24.3 Å². The summed E-state index contributed by atoms with van der Waals surface area (Å²) >= 11 is 0. The minimum atomic E-state index is -1.37. The van der Waals surface area contributed by atoms with E-state index in [1.807, 2.05) is 0 Å². The van der Waals surface area contributed by atoms with E-state index >= 15 is 0 Å². The van der Waals surface area contributed by atoms with Crippen molar-refractivity contribution in [1.82, 2.24) is 0 Å². The summed E-state index contributed by atoms with van der Waals surface area (Å²) in [5.41, 5.74) is 0. The number of fused-ring (bicyclic) bond motifs is 1. The molecule has 0 aliphatic carbocycles. The molecule has 0 aromatic heterocycles. The zero-order valence-corrected chi connectivity index (χ0v) is 15.3. The van der Waals surface area contributed by atoms with Crippen LogP contribution in [0.25, 0.3) is 0 Å². The number of rotatable bonds is 0. The van der Waals surface area contributed by atoms with Gasteiger partial charge in [0.15, 0.2) is 0 Å². The van der Waals surface area contributed by atoms with E-state index < -0.39 is 15.2 Å². The van der Waals surface area contributed by atoms with Crippen LogP contribution in [-0.4, -0.2) is 15.2 Å². The Kier molecular flexibility index (Phi) is 2.82. The van der Waals surface area contributed by atoms with Gasteiger partial charge in [-0.25, -0.2) is 0 Å². The fourth-order valence-electron chi connectivity index (χ4n) is 4.14. The Morgan fingerprint density at radius 3 is 1.17 bits per heavy atom. The highest BCUT2D eigenvalue weighted by atomic mass is 29.3. The van der Waals surface area contributed by atoms with Crippen LogP contribution in [0.5, 0.6) is 0 Å². The molecule has 2 atom stereocenters. The monoisotopic (exact) mass is 276 g/mol. The third-order valence-corrected chi connectivity index (χ3v) is 29.4. The number of hydrogen-bond donors (Lipinski definition) is 0. The maximum atomic E-state index is 2.66. The maximum absolute atomic E-state index is 2.66. The molecule has 18 heavy (non-hydrogen) atoms. The molecule has 1 aromatic rings. The highest BCUT2D eigenvalue weighted by Gasteiger charge is 2.69. The highest BCUT2D eigenvalue weighted by molar-refractivity contribution is 7.59. The Balaban J connectivity index is 2.75. The van der Waals surface area contributed by atoms with Gasteiger partial charge in [0.05, 0.1) is 15.2 Å². The average Bonchev–Trinajstić information content (AvgIpc) is 2.24. The summed E-state index contributed by atoms with van der Waals surface area (Å²) in [6.07, 6.45) is 0. The summed E-state index contributed by atoms with van der Waals surface area (Å²) in [4.78, 5) is 0. The molecule has 0 bridgehead atoms. The summed E-state index contributed by atoms with van der Waals surface area (Å²) in [6, 6.07) is 9.33. The smallest absolute Gasteiger partial charge is 0.0665 e. The van der Waals surface area contributed by atoms with Crippen LogP contribution in [-0.2, 0) is 0 Å².